The molecule has 110 valence electrons. The van der Waals surface area contributed by atoms with Gasteiger partial charge in [0, 0.05) is 4.47 Å². The summed E-state index contributed by atoms with van der Waals surface area (Å²) < 4.78 is 6.42. The van der Waals surface area contributed by atoms with Gasteiger partial charge in [0.05, 0.1) is 5.69 Å². The van der Waals surface area contributed by atoms with Crippen LogP contribution in [0.4, 0.5) is 5.69 Å². The molecule has 3 N–H and O–H groups in total. The van der Waals surface area contributed by atoms with Crippen LogP contribution in [0, 0.1) is 0 Å². The van der Waals surface area contributed by atoms with Crippen LogP contribution in [0.25, 0.3) is 0 Å². The van der Waals surface area contributed by atoms with E-state index in [1.165, 1.54) is 0 Å². The first-order chi connectivity index (χ1) is 10.2. The van der Waals surface area contributed by atoms with Crippen molar-refractivity contribution < 1.29 is 9.53 Å². The largest absolute Gasteiger partial charge is 0.483 e. The summed E-state index contributed by atoms with van der Waals surface area (Å²) in [5, 5.41) is 2.80. The minimum atomic E-state index is -0.204. The van der Waals surface area contributed by atoms with Gasteiger partial charge in [0.2, 0.25) is 0 Å². The molecule has 0 radical (unpaired) electrons. The molecule has 0 fully saturated rings. The summed E-state index contributed by atoms with van der Waals surface area (Å²) in [6, 6.07) is 15.0. The molecule has 0 heterocycles. The van der Waals surface area contributed by atoms with Gasteiger partial charge < -0.3 is 15.8 Å². The molecule has 0 unspecified atom stereocenters. The number of amides is 1. The highest BCUT2D eigenvalue weighted by atomic mass is 79.9. The molecule has 0 saturated carbocycles. The van der Waals surface area contributed by atoms with Gasteiger partial charge in [-0.1, -0.05) is 30.3 Å². The fraction of sp³-hybridized carbons (Fsp3) is 0.188. The Morgan fingerprint density at radius 3 is 2.62 bits per heavy atom. The van der Waals surface area contributed by atoms with E-state index >= 15 is 0 Å². The van der Waals surface area contributed by atoms with Crippen molar-refractivity contribution in [2.75, 3.05) is 18.5 Å². The molecule has 21 heavy (non-hydrogen) atoms. The van der Waals surface area contributed by atoms with E-state index in [9.17, 15) is 4.79 Å². The van der Waals surface area contributed by atoms with E-state index in [0.717, 1.165) is 22.1 Å². The number of nitrogens with one attached hydrogen (secondary N) is 1. The predicted molar refractivity (Wildman–Crippen MR) is 87.5 cm³/mol. The molecule has 2 aromatic rings. The second kappa shape index (κ2) is 7.81. The van der Waals surface area contributed by atoms with Crippen LogP contribution in [0.15, 0.2) is 53.0 Å². The number of hydrogen-bond acceptors (Lipinski definition) is 3. The van der Waals surface area contributed by atoms with E-state index in [4.69, 9.17) is 10.5 Å². The molecule has 4 nitrogen and oxygen atoms in total. The first-order valence-corrected chi connectivity index (χ1v) is 7.45. The van der Waals surface area contributed by atoms with Crippen LogP contribution in [0.3, 0.4) is 0 Å². The lowest BCUT2D eigenvalue weighted by Gasteiger charge is -2.11. The minimum Gasteiger partial charge on any atom is -0.483 e. The van der Waals surface area contributed by atoms with Crippen molar-refractivity contribution >= 4 is 27.5 Å². The number of hydrogen-bond donors (Lipinski definition) is 2. The number of carbonyl (C=O) groups excluding carboxylic acids is 1. The van der Waals surface area contributed by atoms with Gasteiger partial charge in [-0.2, -0.15) is 0 Å². The van der Waals surface area contributed by atoms with Crippen molar-refractivity contribution in [1.29, 1.82) is 0 Å². The molecule has 0 aliphatic heterocycles. The van der Waals surface area contributed by atoms with Crippen molar-refractivity contribution in [3.05, 3.63) is 58.6 Å². The quantitative estimate of drug-likeness (QED) is 0.843. The van der Waals surface area contributed by atoms with Gasteiger partial charge in [-0.3, -0.25) is 4.79 Å². The Morgan fingerprint density at radius 2 is 1.86 bits per heavy atom. The van der Waals surface area contributed by atoms with E-state index in [0.29, 0.717) is 12.3 Å². The zero-order valence-electron chi connectivity index (χ0n) is 11.5. The van der Waals surface area contributed by atoms with E-state index < -0.39 is 0 Å². The summed E-state index contributed by atoms with van der Waals surface area (Å²) in [5.41, 5.74) is 7.30. The standard InChI is InChI=1S/C16H17BrN2O2/c17-13-6-2-3-7-14(13)19-16(20)11-21-15-8-4-1-5-12(15)9-10-18/h1-8H,9-11,18H2,(H,19,20). The molecule has 2 aromatic carbocycles. The third-order valence-electron chi connectivity index (χ3n) is 2.89. The van der Waals surface area contributed by atoms with Crippen LogP contribution in [0.1, 0.15) is 5.56 Å². The lowest BCUT2D eigenvalue weighted by atomic mass is 10.1. The second-order valence-corrected chi connectivity index (χ2v) is 5.32. The highest BCUT2D eigenvalue weighted by Crippen LogP contribution is 2.21. The predicted octanol–water partition coefficient (Wildman–Crippen LogP) is 2.97. The fourth-order valence-corrected chi connectivity index (χ4v) is 2.28. The molecule has 0 aliphatic carbocycles. The zero-order valence-corrected chi connectivity index (χ0v) is 13.1. The van der Waals surface area contributed by atoms with Crippen molar-refractivity contribution in [2.24, 2.45) is 5.73 Å². The number of nitrogens with two attached hydrogens (primary N) is 1. The summed E-state index contributed by atoms with van der Waals surface area (Å²) in [5.74, 6) is 0.495. The number of anilines is 1. The molecule has 1 amide bonds. The minimum absolute atomic E-state index is 0.0388. The number of benzene rings is 2. The van der Waals surface area contributed by atoms with E-state index in [2.05, 4.69) is 21.2 Å². The number of halogens is 1. The number of carbonyl (C=O) groups is 1. The summed E-state index contributed by atoms with van der Waals surface area (Å²) in [7, 11) is 0. The van der Waals surface area contributed by atoms with Gasteiger partial charge in [0.1, 0.15) is 5.75 Å². The third kappa shape index (κ3) is 4.58. The lowest BCUT2D eigenvalue weighted by molar-refractivity contribution is -0.118. The van der Waals surface area contributed by atoms with Crippen molar-refractivity contribution in [3.8, 4) is 5.75 Å². The highest BCUT2D eigenvalue weighted by Gasteiger charge is 2.08. The Morgan fingerprint density at radius 1 is 1.14 bits per heavy atom. The summed E-state index contributed by atoms with van der Waals surface area (Å²) in [6.07, 6.45) is 0.724. The maximum atomic E-state index is 11.9. The maximum Gasteiger partial charge on any atom is 0.262 e. The van der Waals surface area contributed by atoms with Gasteiger partial charge in [0.15, 0.2) is 6.61 Å². The Hall–Kier alpha value is -1.85. The van der Waals surface area contributed by atoms with Gasteiger partial charge in [-0.25, -0.2) is 0 Å². The molecular formula is C16H17BrN2O2. The molecule has 2 rings (SSSR count). The summed E-state index contributed by atoms with van der Waals surface area (Å²) >= 11 is 3.38. The average molecular weight is 349 g/mol. The maximum absolute atomic E-state index is 11.9. The lowest BCUT2D eigenvalue weighted by Crippen LogP contribution is -2.21. The van der Waals surface area contributed by atoms with Crippen LogP contribution in [0.2, 0.25) is 0 Å². The fourth-order valence-electron chi connectivity index (χ4n) is 1.90. The Kier molecular flexibility index (Phi) is 5.78. The summed E-state index contributed by atoms with van der Waals surface area (Å²) in [6.45, 7) is 0.506. The van der Waals surface area contributed by atoms with Crippen LogP contribution < -0.4 is 15.8 Å². The van der Waals surface area contributed by atoms with E-state index in [-0.39, 0.29) is 12.5 Å². The van der Waals surface area contributed by atoms with Gasteiger partial charge >= 0.3 is 0 Å². The molecule has 0 saturated heterocycles. The molecule has 0 spiro atoms. The van der Waals surface area contributed by atoms with Gasteiger partial charge in [-0.15, -0.1) is 0 Å². The van der Waals surface area contributed by atoms with E-state index in [1.807, 2.05) is 48.5 Å². The van der Waals surface area contributed by atoms with Crippen LogP contribution in [-0.2, 0) is 11.2 Å². The van der Waals surface area contributed by atoms with Crippen LogP contribution in [0.5, 0.6) is 5.75 Å². The van der Waals surface area contributed by atoms with Crippen LogP contribution >= 0.6 is 15.9 Å². The first-order valence-electron chi connectivity index (χ1n) is 6.66. The number of rotatable bonds is 6. The molecule has 0 atom stereocenters. The number of ether oxygens (including phenoxy) is 1. The Balaban J connectivity index is 1.94. The molecular weight excluding hydrogens is 332 g/mol. The average Bonchev–Trinajstić information content (AvgIpc) is 2.49. The van der Waals surface area contributed by atoms with Crippen molar-refractivity contribution in [1.82, 2.24) is 0 Å². The van der Waals surface area contributed by atoms with Crippen LogP contribution in [-0.4, -0.2) is 19.1 Å². The second-order valence-electron chi connectivity index (χ2n) is 4.46. The topological polar surface area (TPSA) is 64.3 Å². The molecule has 0 bridgehead atoms. The normalized spacial score (nSPS) is 10.2. The summed E-state index contributed by atoms with van der Waals surface area (Å²) in [4.78, 5) is 11.9. The zero-order chi connectivity index (χ0) is 15.1. The third-order valence-corrected chi connectivity index (χ3v) is 3.58. The van der Waals surface area contributed by atoms with Gasteiger partial charge in [-0.05, 0) is 52.7 Å². The first kappa shape index (κ1) is 15.5. The molecule has 5 heteroatoms. The van der Waals surface area contributed by atoms with E-state index in [1.54, 1.807) is 0 Å². The van der Waals surface area contributed by atoms with Crippen molar-refractivity contribution in [2.45, 2.75) is 6.42 Å². The van der Waals surface area contributed by atoms with Crippen molar-refractivity contribution in [3.63, 3.8) is 0 Å². The number of para-hydroxylation sites is 2. The monoisotopic (exact) mass is 348 g/mol. The Bertz CT molecular complexity index is 617. The molecule has 0 aliphatic rings. The SMILES string of the molecule is NCCc1ccccc1OCC(=O)Nc1ccccc1Br. The smallest absolute Gasteiger partial charge is 0.262 e. The molecule has 0 aromatic heterocycles. The highest BCUT2D eigenvalue weighted by molar-refractivity contribution is 9.10. The van der Waals surface area contributed by atoms with Gasteiger partial charge in [0.25, 0.3) is 5.91 Å². The Labute approximate surface area is 132 Å².